The molecule has 0 atom stereocenters. The van der Waals surface area contributed by atoms with E-state index in [-0.39, 0.29) is 6.79 Å². The molecule has 1 aromatic rings. The first-order valence-corrected chi connectivity index (χ1v) is 5.67. The van der Waals surface area contributed by atoms with Crippen molar-refractivity contribution in [3.63, 3.8) is 0 Å². The van der Waals surface area contributed by atoms with Crippen molar-refractivity contribution in [1.82, 2.24) is 0 Å². The number of halogens is 3. The molecular formula is C8H7BrClIO2. The molecule has 0 unspecified atom stereocenters. The molecule has 1 aromatic carbocycles. The maximum Gasteiger partial charge on any atom is 0.188 e. The number of methoxy groups -OCH3 is 1. The van der Waals surface area contributed by atoms with Crippen molar-refractivity contribution in [1.29, 1.82) is 0 Å². The number of benzene rings is 1. The lowest BCUT2D eigenvalue weighted by atomic mass is 10.3. The monoisotopic (exact) mass is 376 g/mol. The lowest BCUT2D eigenvalue weighted by Gasteiger charge is -2.08. The summed E-state index contributed by atoms with van der Waals surface area (Å²) in [5.74, 6) is 0.635. The zero-order chi connectivity index (χ0) is 9.84. The standard InChI is InChI=1S/C8H7BrClIO2/c1-12-4-13-6-3-2-5(9)8(11)7(6)10/h2-3H,4H2,1H3. The highest BCUT2D eigenvalue weighted by atomic mass is 127. The van der Waals surface area contributed by atoms with Crippen molar-refractivity contribution in [3.05, 3.63) is 25.2 Å². The predicted octanol–water partition coefficient (Wildman–Crippen LogP) is 3.69. The Morgan fingerprint density at radius 1 is 1.54 bits per heavy atom. The Morgan fingerprint density at radius 2 is 2.23 bits per heavy atom. The molecule has 0 aromatic heterocycles. The fourth-order valence-electron chi connectivity index (χ4n) is 0.742. The van der Waals surface area contributed by atoms with E-state index in [1.807, 2.05) is 6.07 Å². The highest BCUT2D eigenvalue weighted by Gasteiger charge is 2.08. The van der Waals surface area contributed by atoms with E-state index in [9.17, 15) is 0 Å². The molecule has 0 aliphatic rings. The topological polar surface area (TPSA) is 18.5 Å². The maximum atomic E-state index is 6.02. The van der Waals surface area contributed by atoms with Gasteiger partial charge in [0, 0.05) is 15.2 Å². The van der Waals surface area contributed by atoms with E-state index in [0.29, 0.717) is 10.8 Å². The summed E-state index contributed by atoms with van der Waals surface area (Å²) in [5.41, 5.74) is 0. The third kappa shape index (κ3) is 2.97. The summed E-state index contributed by atoms with van der Waals surface area (Å²) >= 11 is 11.5. The summed E-state index contributed by atoms with van der Waals surface area (Å²) in [5, 5.41) is 0.604. The smallest absolute Gasteiger partial charge is 0.188 e. The third-order valence-electron chi connectivity index (χ3n) is 1.33. The van der Waals surface area contributed by atoms with Crippen molar-refractivity contribution >= 4 is 50.1 Å². The molecule has 13 heavy (non-hydrogen) atoms. The fraction of sp³-hybridized carbons (Fsp3) is 0.250. The van der Waals surface area contributed by atoms with Gasteiger partial charge in [-0.15, -0.1) is 0 Å². The summed E-state index contributed by atoms with van der Waals surface area (Å²) in [6, 6.07) is 3.69. The predicted molar refractivity (Wildman–Crippen MR) is 64.4 cm³/mol. The zero-order valence-electron chi connectivity index (χ0n) is 6.81. The van der Waals surface area contributed by atoms with Crippen LogP contribution in [0.3, 0.4) is 0 Å². The second kappa shape index (κ2) is 5.38. The molecule has 0 saturated heterocycles. The van der Waals surface area contributed by atoms with E-state index in [1.165, 1.54) is 0 Å². The first kappa shape index (κ1) is 11.6. The first-order chi connectivity index (χ1) is 6.16. The largest absolute Gasteiger partial charge is 0.466 e. The quantitative estimate of drug-likeness (QED) is 0.454. The molecule has 0 radical (unpaired) electrons. The Labute approximate surface area is 104 Å². The van der Waals surface area contributed by atoms with Gasteiger partial charge in [0.05, 0.1) is 5.02 Å². The summed E-state index contributed by atoms with van der Waals surface area (Å²) in [7, 11) is 1.57. The molecule has 2 nitrogen and oxygen atoms in total. The van der Waals surface area contributed by atoms with E-state index in [1.54, 1.807) is 13.2 Å². The van der Waals surface area contributed by atoms with Crippen LogP contribution in [0.25, 0.3) is 0 Å². The fourth-order valence-corrected chi connectivity index (χ4v) is 1.85. The first-order valence-electron chi connectivity index (χ1n) is 3.42. The second-order valence-electron chi connectivity index (χ2n) is 2.22. The highest BCUT2D eigenvalue weighted by Crippen LogP contribution is 2.34. The van der Waals surface area contributed by atoms with Crippen molar-refractivity contribution in [2.75, 3.05) is 13.9 Å². The minimum atomic E-state index is 0.206. The molecule has 0 spiro atoms. The molecule has 0 heterocycles. The van der Waals surface area contributed by atoms with E-state index in [0.717, 1.165) is 8.04 Å². The van der Waals surface area contributed by atoms with Crippen LogP contribution in [0.1, 0.15) is 0 Å². The van der Waals surface area contributed by atoms with Gasteiger partial charge in [-0.1, -0.05) is 11.6 Å². The molecule has 0 aliphatic heterocycles. The van der Waals surface area contributed by atoms with E-state index in [2.05, 4.69) is 38.5 Å². The minimum Gasteiger partial charge on any atom is -0.466 e. The average molecular weight is 377 g/mol. The Bertz CT molecular complexity index is 306. The van der Waals surface area contributed by atoms with Gasteiger partial charge in [-0.25, -0.2) is 0 Å². The summed E-state index contributed by atoms with van der Waals surface area (Å²) in [6.07, 6.45) is 0. The van der Waals surface area contributed by atoms with Gasteiger partial charge in [0.1, 0.15) is 5.75 Å². The van der Waals surface area contributed by atoms with Gasteiger partial charge in [0.15, 0.2) is 6.79 Å². The number of hydrogen-bond acceptors (Lipinski definition) is 2. The highest BCUT2D eigenvalue weighted by molar-refractivity contribution is 14.1. The van der Waals surface area contributed by atoms with Crippen LogP contribution in [0.15, 0.2) is 16.6 Å². The van der Waals surface area contributed by atoms with Gasteiger partial charge in [-0.05, 0) is 50.7 Å². The molecule has 5 heteroatoms. The Kier molecular flexibility index (Phi) is 4.78. The van der Waals surface area contributed by atoms with Crippen LogP contribution in [0, 0.1) is 3.57 Å². The maximum absolute atomic E-state index is 6.02. The van der Waals surface area contributed by atoms with Crippen LogP contribution in [0.4, 0.5) is 0 Å². The molecule has 0 saturated carbocycles. The van der Waals surface area contributed by atoms with E-state index >= 15 is 0 Å². The molecule has 0 bridgehead atoms. The van der Waals surface area contributed by atoms with E-state index in [4.69, 9.17) is 21.1 Å². The van der Waals surface area contributed by atoms with Crippen LogP contribution in [-0.2, 0) is 4.74 Å². The molecule has 72 valence electrons. The molecule has 1 rings (SSSR count). The van der Waals surface area contributed by atoms with Gasteiger partial charge in [-0.3, -0.25) is 0 Å². The van der Waals surface area contributed by atoms with Crippen molar-refractivity contribution in [2.24, 2.45) is 0 Å². The lowest BCUT2D eigenvalue weighted by molar-refractivity contribution is 0.0511. The van der Waals surface area contributed by atoms with Crippen molar-refractivity contribution in [2.45, 2.75) is 0 Å². The summed E-state index contributed by atoms with van der Waals surface area (Å²) in [6.45, 7) is 0.206. The van der Waals surface area contributed by atoms with Crippen molar-refractivity contribution < 1.29 is 9.47 Å². The van der Waals surface area contributed by atoms with Crippen LogP contribution in [-0.4, -0.2) is 13.9 Å². The Balaban J connectivity index is 2.90. The zero-order valence-corrected chi connectivity index (χ0v) is 11.3. The van der Waals surface area contributed by atoms with Crippen LogP contribution >= 0.6 is 50.1 Å². The van der Waals surface area contributed by atoms with E-state index < -0.39 is 0 Å². The van der Waals surface area contributed by atoms with Gasteiger partial charge in [-0.2, -0.15) is 0 Å². The molecule has 0 amide bonds. The van der Waals surface area contributed by atoms with Crippen LogP contribution in [0.5, 0.6) is 5.75 Å². The second-order valence-corrected chi connectivity index (χ2v) is 4.54. The lowest BCUT2D eigenvalue weighted by Crippen LogP contribution is -1.99. The molecule has 0 aliphatic carbocycles. The summed E-state index contributed by atoms with van der Waals surface area (Å²) < 4.78 is 11.9. The van der Waals surface area contributed by atoms with Crippen LogP contribution in [0.2, 0.25) is 5.02 Å². The normalized spacial score (nSPS) is 10.2. The van der Waals surface area contributed by atoms with Crippen LogP contribution < -0.4 is 4.74 Å². The number of ether oxygens (including phenoxy) is 2. The molecular weight excluding hydrogens is 370 g/mol. The molecule has 0 N–H and O–H groups in total. The van der Waals surface area contributed by atoms with Gasteiger partial charge in [0.25, 0.3) is 0 Å². The number of rotatable bonds is 3. The Hall–Kier alpha value is 0.480. The summed E-state index contributed by atoms with van der Waals surface area (Å²) in [4.78, 5) is 0. The SMILES string of the molecule is COCOc1ccc(Br)c(I)c1Cl. The minimum absolute atomic E-state index is 0.206. The third-order valence-corrected chi connectivity index (χ3v) is 4.55. The Morgan fingerprint density at radius 3 is 2.85 bits per heavy atom. The van der Waals surface area contributed by atoms with Gasteiger partial charge in [0.2, 0.25) is 0 Å². The van der Waals surface area contributed by atoms with Gasteiger partial charge < -0.3 is 9.47 Å². The molecule has 0 fully saturated rings. The average Bonchev–Trinajstić information content (AvgIpc) is 2.13. The number of hydrogen-bond donors (Lipinski definition) is 0. The van der Waals surface area contributed by atoms with Crippen molar-refractivity contribution in [3.8, 4) is 5.75 Å². The van der Waals surface area contributed by atoms with Gasteiger partial charge >= 0.3 is 0 Å².